The zero-order valence-corrected chi connectivity index (χ0v) is 10.4. The average molecular weight is 233 g/mol. The van der Waals surface area contributed by atoms with Gasteiger partial charge in [0.25, 0.3) is 0 Å². The molecule has 0 fully saturated rings. The Morgan fingerprint density at radius 1 is 1.38 bits per heavy atom. The maximum atomic E-state index is 12.4. The largest absolute Gasteiger partial charge is 0.284 e. The van der Waals surface area contributed by atoms with E-state index >= 15 is 0 Å². The van der Waals surface area contributed by atoms with E-state index in [9.17, 15) is 12.8 Å². The molecule has 0 aliphatic rings. The molecule has 0 aliphatic heterocycles. The van der Waals surface area contributed by atoms with Gasteiger partial charge in [-0.15, -0.1) is 0 Å². The molecular formula is C6H5ClFNNaO2S. The summed E-state index contributed by atoms with van der Waals surface area (Å²) in [6, 6.07) is 3.40. The van der Waals surface area contributed by atoms with E-state index in [2.05, 4.69) is 4.72 Å². The van der Waals surface area contributed by atoms with Crippen molar-refractivity contribution in [2.45, 2.75) is 0 Å². The molecule has 0 atom stereocenters. The molecule has 0 heterocycles. The molecule has 1 N–H and O–H groups in total. The first-order valence-electron chi connectivity index (χ1n) is 2.95. The molecule has 13 heavy (non-hydrogen) atoms. The van der Waals surface area contributed by atoms with E-state index in [1.807, 2.05) is 0 Å². The quantitative estimate of drug-likeness (QED) is 0.591. The van der Waals surface area contributed by atoms with Gasteiger partial charge in [-0.1, -0.05) is 11.6 Å². The fraction of sp³-hybridized carbons (Fsp3) is 0. The molecule has 0 amide bonds. The Labute approximate surface area is 104 Å². The van der Waals surface area contributed by atoms with Crippen LogP contribution in [0.1, 0.15) is 0 Å². The molecule has 0 unspecified atom stereocenters. The van der Waals surface area contributed by atoms with Crippen molar-refractivity contribution >= 4 is 57.7 Å². The van der Waals surface area contributed by atoms with Gasteiger partial charge in [-0.25, -0.2) is 12.8 Å². The fourth-order valence-corrected chi connectivity index (χ4v) is 1.35. The summed E-state index contributed by atoms with van der Waals surface area (Å²) < 4.78 is 34.8. The van der Waals surface area contributed by atoms with Gasteiger partial charge in [0.05, 0.1) is 10.7 Å². The Morgan fingerprint density at radius 2 is 2.00 bits per heavy atom. The third-order valence-corrected chi connectivity index (χ3v) is 1.88. The zero-order chi connectivity index (χ0) is 9.14. The van der Waals surface area contributed by atoms with Crippen LogP contribution in [0.25, 0.3) is 0 Å². The molecule has 0 saturated heterocycles. The van der Waals surface area contributed by atoms with E-state index < -0.39 is 16.7 Å². The molecule has 3 nitrogen and oxygen atoms in total. The average Bonchev–Trinajstić information content (AvgIpc) is 1.94. The van der Waals surface area contributed by atoms with Crippen molar-refractivity contribution in [3.63, 3.8) is 0 Å². The Balaban J connectivity index is 0.00000144. The van der Waals surface area contributed by atoms with Gasteiger partial charge in [-0.05, 0) is 18.2 Å². The third kappa shape index (κ3) is 4.28. The maximum Gasteiger partial charge on any atom is 0.222 e. The molecule has 1 radical (unpaired) electrons. The summed E-state index contributed by atoms with van der Waals surface area (Å²) in [7, 11) is -2.76. The number of halogens is 2. The fourth-order valence-electron chi connectivity index (χ4n) is 0.678. The second-order valence-corrected chi connectivity index (χ2v) is 3.14. The standard InChI is InChI=1S/C6H5ClFNO2S.Na/c7-5-3-4(8)1-2-6(5)9-12(10)11;/h1-3,12H,(H,9,10,11);. The van der Waals surface area contributed by atoms with Crippen LogP contribution in [0.4, 0.5) is 10.1 Å². The second-order valence-electron chi connectivity index (χ2n) is 1.99. The van der Waals surface area contributed by atoms with E-state index in [0.717, 1.165) is 12.1 Å². The van der Waals surface area contributed by atoms with E-state index in [-0.39, 0.29) is 40.3 Å². The molecule has 1 aromatic rings. The molecule has 1 rings (SSSR count). The minimum Gasteiger partial charge on any atom is -0.284 e. The summed E-state index contributed by atoms with van der Waals surface area (Å²) in [5.74, 6) is -0.508. The minimum absolute atomic E-state index is 0. The smallest absolute Gasteiger partial charge is 0.222 e. The number of benzene rings is 1. The number of anilines is 1. The van der Waals surface area contributed by atoms with Gasteiger partial charge >= 0.3 is 0 Å². The SMILES string of the molecule is O=[SH](=O)Nc1ccc(F)cc1Cl.[Na]. The van der Waals surface area contributed by atoms with Crippen molar-refractivity contribution in [3.05, 3.63) is 29.0 Å². The molecule has 67 valence electrons. The van der Waals surface area contributed by atoms with Crippen LogP contribution in [0.15, 0.2) is 18.2 Å². The van der Waals surface area contributed by atoms with Crippen LogP contribution in [0.3, 0.4) is 0 Å². The molecule has 0 bridgehead atoms. The summed E-state index contributed by atoms with van der Waals surface area (Å²) in [5.41, 5.74) is 0.175. The van der Waals surface area contributed by atoms with E-state index in [1.54, 1.807) is 0 Å². The van der Waals surface area contributed by atoms with Crippen molar-refractivity contribution < 1.29 is 12.8 Å². The zero-order valence-electron chi connectivity index (χ0n) is 6.75. The summed E-state index contributed by atoms with van der Waals surface area (Å²) in [4.78, 5) is 0. The van der Waals surface area contributed by atoms with Gasteiger partial charge in [0, 0.05) is 29.6 Å². The van der Waals surface area contributed by atoms with Crippen molar-refractivity contribution in [1.29, 1.82) is 0 Å². The predicted octanol–water partition coefficient (Wildman–Crippen LogP) is 1.04. The monoisotopic (exact) mass is 232 g/mol. The van der Waals surface area contributed by atoms with Gasteiger partial charge in [-0.3, -0.25) is 4.72 Å². The first-order valence-corrected chi connectivity index (χ1v) is 4.51. The number of thiol groups is 1. The van der Waals surface area contributed by atoms with Gasteiger partial charge in [0.1, 0.15) is 5.82 Å². The van der Waals surface area contributed by atoms with Crippen LogP contribution in [-0.2, 0) is 10.9 Å². The number of hydrogen-bond donors (Lipinski definition) is 2. The maximum absolute atomic E-state index is 12.4. The topological polar surface area (TPSA) is 46.2 Å². The van der Waals surface area contributed by atoms with E-state index in [4.69, 9.17) is 11.6 Å². The predicted molar refractivity (Wildman–Crippen MR) is 51.1 cm³/mol. The Morgan fingerprint density at radius 3 is 2.46 bits per heavy atom. The number of rotatable bonds is 2. The molecule has 0 aromatic heterocycles. The van der Waals surface area contributed by atoms with Crippen molar-refractivity contribution in [1.82, 2.24) is 0 Å². The van der Waals surface area contributed by atoms with Crippen LogP contribution < -0.4 is 4.72 Å². The van der Waals surface area contributed by atoms with Crippen LogP contribution in [0.2, 0.25) is 5.02 Å². The van der Waals surface area contributed by atoms with Gasteiger partial charge < -0.3 is 0 Å². The molecule has 0 aliphatic carbocycles. The van der Waals surface area contributed by atoms with Crippen molar-refractivity contribution in [2.75, 3.05) is 4.72 Å². The molecule has 1 aromatic carbocycles. The first kappa shape index (κ1) is 13.2. The van der Waals surface area contributed by atoms with Crippen molar-refractivity contribution in [3.8, 4) is 0 Å². The summed E-state index contributed by atoms with van der Waals surface area (Å²) in [6.07, 6.45) is 0. The van der Waals surface area contributed by atoms with Crippen LogP contribution in [-0.4, -0.2) is 38.0 Å². The van der Waals surface area contributed by atoms with Gasteiger partial charge in [-0.2, -0.15) is 0 Å². The van der Waals surface area contributed by atoms with Gasteiger partial charge in [0.15, 0.2) is 0 Å². The molecule has 7 heteroatoms. The van der Waals surface area contributed by atoms with E-state index in [1.165, 1.54) is 6.07 Å². The summed E-state index contributed by atoms with van der Waals surface area (Å²) in [6.45, 7) is 0. The second kappa shape index (κ2) is 5.82. The Kier molecular flexibility index (Phi) is 5.91. The molecule has 0 spiro atoms. The normalized spacial score (nSPS) is 9.46. The summed E-state index contributed by atoms with van der Waals surface area (Å²) in [5, 5.41) is 0.0363. The number of hydrogen-bond acceptors (Lipinski definition) is 2. The minimum atomic E-state index is -2.76. The molecular weight excluding hydrogens is 228 g/mol. The van der Waals surface area contributed by atoms with Gasteiger partial charge in [0.2, 0.25) is 10.9 Å². The molecule has 0 saturated carbocycles. The van der Waals surface area contributed by atoms with Crippen LogP contribution in [0.5, 0.6) is 0 Å². The summed E-state index contributed by atoms with van der Waals surface area (Å²) >= 11 is 5.50. The number of nitrogens with one attached hydrogen (secondary N) is 1. The Hall–Kier alpha value is 0.190. The van der Waals surface area contributed by atoms with Crippen molar-refractivity contribution in [2.24, 2.45) is 0 Å². The first-order chi connectivity index (χ1) is 5.59. The Bertz CT molecular complexity index is 364. The van der Waals surface area contributed by atoms with Crippen LogP contribution in [0, 0.1) is 5.82 Å². The van der Waals surface area contributed by atoms with Crippen LogP contribution >= 0.6 is 11.6 Å². The third-order valence-electron chi connectivity index (χ3n) is 1.14. The van der Waals surface area contributed by atoms with E-state index in [0.29, 0.717) is 0 Å².